The van der Waals surface area contributed by atoms with Crippen molar-refractivity contribution in [1.82, 2.24) is 0 Å². The van der Waals surface area contributed by atoms with E-state index in [2.05, 4.69) is 26.5 Å². The van der Waals surface area contributed by atoms with Gasteiger partial charge in [-0.05, 0) is 68.6 Å². The Hall–Kier alpha value is -1.05. The quantitative estimate of drug-likeness (QED) is 0.698. The van der Waals surface area contributed by atoms with Gasteiger partial charge >= 0.3 is 5.97 Å². The first kappa shape index (κ1) is 15.8. The molecule has 1 fully saturated rings. The molecule has 0 amide bonds. The molecule has 3 aliphatic rings. The van der Waals surface area contributed by atoms with Crippen molar-refractivity contribution in [2.75, 3.05) is 0 Å². The number of rotatable bonds is 2. The van der Waals surface area contributed by atoms with Crippen LogP contribution in [0.4, 0.5) is 0 Å². The van der Waals surface area contributed by atoms with Gasteiger partial charge in [0.2, 0.25) is 0 Å². The van der Waals surface area contributed by atoms with Crippen LogP contribution in [0.3, 0.4) is 0 Å². The maximum absolute atomic E-state index is 12.0. The summed E-state index contributed by atoms with van der Waals surface area (Å²) in [6.45, 7) is 10.7. The summed E-state index contributed by atoms with van der Waals surface area (Å²) in [5.74, 6) is -0.280. The molecule has 2 nitrogen and oxygen atoms in total. The highest BCUT2D eigenvalue weighted by molar-refractivity contribution is 5.75. The minimum Gasteiger partial charge on any atom is -0.481 e. The summed E-state index contributed by atoms with van der Waals surface area (Å²) < 4.78 is 0. The van der Waals surface area contributed by atoms with Crippen molar-refractivity contribution in [3.8, 4) is 0 Å². The fourth-order valence-corrected chi connectivity index (χ4v) is 5.82. The number of aliphatic carboxylic acids is 1. The predicted molar refractivity (Wildman–Crippen MR) is 89.6 cm³/mol. The van der Waals surface area contributed by atoms with Crippen LogP contribution in [0, 0.1) is 22.2 Å². The zero-order valence-corrected chi connectivity index (χ0v) is 14.4. The molecule has 0 aliphatic heterocycles. The van der Waals surface area contributed by atoms with Gasteiger partial charge in [-0.3, -0.25) is 4.79 Å². The first-order chi connectivity index (χ1) is 10.3. The van der Waals surface area contributed by atoms with Gasteiger partial charge < -0.3 is 5.11 Å². The molecule has 0 unspecified atom stereocenters. The van der Waals surface area contributed by atoms with Gasteiger partial charge in [0.15, 0.2) is 0 Å². The van der Waals surface area contributed by atoms with Crippen molar-refractivity contribution >= 4 is 5.97 Å². The molecule has 22 heavy (non-hydrogen) atoms. The van der Waals surface area contributed by atoms with Gasteiger partial charge in [0.1, 0.15) is 0 Å². The van der Waals surface area contributed by atoms with Gasteiger partial charge in [-0.2, -0.15) is 0 Å². The van der Waals surface area contributed by atoms with Crippen LogP contribution in [0.5, 0.6) is 0 Å². The lowest BCUT2D eigenvalue weighted by Crippen LogP contribution is -2.51. The molecule has 122 valence electrons. The largest absolute Gasteiger partial charge is 0.481 e. The Kier molecular flexibility index (Phi) is 3.58. The van der Waals surface area contributed by atoms with Crippen LogP contribution < -0.4 is 0 Å². The number of hydrogen-bond donors (Lipinski definition) is 1. The summed E-state index contributed by atoms with van der Waals surface area (Å²) in [5, 5.41) is 9.84. The van der Waals surface area contributed by atoms with Crippen LogP contribution in [0.15, 0.2) is 23.8 Å². The van der Waals surface area contributed by atoms with Crippen molar-refractivity contribution in [3.05, 3.63) is 23.8 Å². The highest BCUT2D eigenvalue weighted by Gasteiger charge is 2.56. The standard InChI is InChI=1S/C20H30O2/c1-5-18(2)12-9-15-14(13-18)7-8-16-19(15,3)10-6-11-20(16,4)17(21)22/h5,16H,1,6-13H2,2-4H3,(H,21,22)/t16-,18-,19-,20-/m1/s1. The Morgan fingerprint density at radius 1 is 1.23 bits per heavy atom. The number of carboxylic acid groups (broad SMARTS) is 1. The summed E-state index contributed by atoms with van der Waals surface area (Å²) in [5.41, 5.74) is 3.07. The van der Waals surface area contributed by atoms with Gasteiger partial charge in [-0.15, -0.1) is 6.58 Å². The fourth-order valence-electron chi connectivity index (χ4n) is 5.82. The normalized spacial score (nSPS) is 45.0. The van der Waals surface area contributed by atoms with Crippen LogP contribution >= 0.6 is 0 Å². The zero-order valence-electron chi connectivity index (χ0n) is 14.4. The molecule has 0 bridgehead atoms. The van der Waals surface area contributed by atoms with E-state index in [1.807, 2.05) is 6.92 Å². The molecular weight excluding hydrogens is 272 g/mol. The minimum atomic E-state index is -0.584. The van der Waals surface area contributed by atoms with Crippen molar-refractivity contribution in [1.29, 1.82) is 0 Å². The minimum absolute atomic E-state index is 0.113. The Morgan fingerprint density at radius 3 is 2.59 bits per heavy atom. The van der Waals surface area contributed by atoms with Gasteiger partial charge in [-0.25, -0.2) is 0 Å². The van der Waals surface area contributed by atoms with Gasteiger partial charge in [-0.1, -0.05) is 37.5 Å². The molecule has 3 rings (SSSR count). The lowest BCUT2D eigenvalue weighted by molar-refractivity contribution is -0.159. The topological polar surface area (TPSA) is 37.3 Å². The molecule has 1 N–H and O–H groups in total. The van der Waals surface area contributed by atoms with Crippen molar-refractivity contribution in [2.24, 2.45) is 22.2 Å². The van der Waals surface area contributed by atoms with Crippen LogP contribution in [0.2, 0.25) is 0 Å². The number of hydrogen-bond acceptors (Lipinski definition) is 1. The number of carboxylic acids is 1. The lowest BCUT2D eigenvalue weighted by Gasteiger charge is -2.56. The third-order valence-electron chi connectivity index (χ3n) is 7.33. The van der Waals surface area contributed by atoms with E-state index in [0.29, 0.717) is 5.92 Å². The smallest absolute Gasteiger partial charge is 0.309 e. The average Bonchev–Trinajstić information content (AvgIpc) is 2.46. The first-order valence-electron chi connectivity index (χ1n) is 8.84. The molecule has 4 atom stereocenters. The molecule has 1 saturated carbocycles. The van der Waals surface area contributed by atoms with E-state index in [-0.39, 0.29) is 10.8 Å². The summed E-state index contributed by atoms with van der Waals surface area (Å²) in [7, 11) is 0. The molecule has 0 radical (unpaired) electrons. The van der Waals surface area contributed by atoms with Crippen LogP contribution in [-0.4, -0.2) is 11.1 Å². The fraction of sp³-hybridized carbons (Fsp3) is 0.750. The van der Waals surface area contributed by atoms with E-state index in [1.54, 1.807) is 11.1 Å². The molecular formula is C20H30O2. The second kappa shape index (κ2) is 4.97. The van der Waals surface area contributed by atoms with E-state index in [4.69, 9.17) is 0 Å². The Balaban J connectivity index is 2.01. The second-order valence-corrected chi connectivity index (χ2v) is 8.70. The third kappa shape index (κ3) is 2.10. The highest BCUT2D eigenvalue weighted by Crippen LogP contribution is 2.63. The second-order valence-electron chi connectivity index (χ2n) is 8.70. The van der Waals surface area contributed by atoms with Crippen molar-refractivity contribution in [3.63, 3.8) is 0 Å². The summed E-state index contributed by atoms with van der Waals surface area (Å²) in [6.07, 6.45) is 10.8. The van der Waals surface area contributed by atoms with Gasteiger partial charge in [0, 0.05) is 0 Å². The van der Waals surface area contributed by atoms with Crippen molar-refractivity contribution < 1.29 is 9.90 Å². The zero-order chi connectivity index (χ0) is 16.2. The van der Waals surface area contributed by atoms with E-state index in [1.165, 1.54) is 12.8 Å². The molecule has 0 aromatic carbocycles. The molecule has 0 aromatic heterocycles. The lowest BCUT2D eigenvalue weighted by atomic mass is 9.47. The molecule has 2 heteroatoms. The number of allylic oxidation sites excluding steroid dienone is 3. The van der Waals surface area contributed by atoms with Gasteiger partial charge in [0.05, 0.1) is 5.41 Å². The number of fused-ring (bicyclic) bond motifs is 2. The monoisotopic (exact) mass is 302 g/mol. The molecule has 0 aromatic rings. The summed E-state index contributed by atoms with van der Waals surface area (Å²) in [4.78, 5) is 12.0. The van der Waals surface area contributed by atoms with E-state index in [9.17, 15) is 9.90 Å². The Bertz CT molecular complexity index is 546. The van der Waals surface area contributed by atoms with E-state index in [0.717, 1.165) is 38.5 Å². The van der Waals surface area contributed by atoms with Gasteiger partial charge in [0.25, 0.3) is 0 Å². The first-order valence-corrected chi connectivity index (χ1v) is 8.84. The van der Waals surface area contributed by atoms with Crippen LogP contribution in [0.25, 0.3) is 0 Å². The Labute approximate surface area is 134 Å². The summed E-state index contributed by atoms with van der Waals surface area (Å²) >= 11 is 0. The Morgan fingerprint density at radius 2 is 1.95 bits per heavy atom. The highest BCUT2D eigenvalue weighted by atomic mass is 16.4. The molecule has 3 aliphatic carbocycles. The predicted octanol–water partition coefficient (Wildman–Crippen LogP) is 5.35. The van der Waals surface area contributed by atoms with Crippen molar-refractivity contribution in [2.45, 2.75) is 72.1 Å². The van der Waals surface area contributed by atoms with E-state index < -0.39 is 11.4 Å². The molecule has 0 saturated heterocycles. The SMILES string of the molecule is C=C[C@]1(C)CCC2=C(CC[C@H]3[C@](C)(C(=O)O)CCC[C@]23C)C1. The molecule has 0 spiro atoms. The number of carbonyl (C=O) groups is 1. The summed E-state index contributed by atoms with van der Waals surface area (Å²) in [6, 6.07) is 0. The van der Waals surface area contributed by atoms with Crippen LogP contribution in [0.1, 0.15) is 72.1 Å². The third-order valence-corrected chi connectivity index (χ3v) is 7.33. The van der Waals surface area contributed by atoms with E-state index >= 15 is 0 Å². The van der Waals surface area contributed by atoms with Crippen LogP contribution in [-0.2, 0) is 4.79 Å². The maximum atomic E-state index is 12.0. The maximum Gasteiger partial charge on any atom is 0.309 e. The molecule has 0 heterocycles. The average molecular weight is 302 g/mol.